The quantitative estimate of drug-likeness (QED) is 0.262. The van der Waals surface area contributed by atoms with Crippen LogP contribution in [0.15, 0.2) is 142 Å². The Balaban J connectivity index is 0.000000470. The van der Waals surface area contributed by atoms with E-state index in [-0.39, 0.29) is 32.0 Å². The first-order valence-electron chi connectivity index (χ1n) is 9.84. The fourth-order valence-corrected chi connectivity index (χ4v) is 3.62. The fourth-order valence-electron chi connectivity index (χ4n) is 2.15. The van der Waals surface area contributed by atoms with Crippen molar-refractivity contribution in [3.8, 4) is 0 Å². The maximum absolute atomic E-state index is 10.3. The Morgan fingerprint density at radius 3 is 0.568 bits per heavy atom. The number of hydrogen-bond acceptors (Lipinski definition) is 9. The van der Waals surface area contributed by atoms with E-state index in [4.69, 9.17) is 0 Å². The maximum atomic E-state index is 10.3. The van der Waals surface area contributed by atoms with Gasteiger partial charge in [0.05, 0.1) is 14.7 Å². The van der Waals surface area contributed by atoms with Gasteiger partial charge < -0.3 is 13.7 Å². The third kappa shape index (κ3) is 15.8. The van der Waals surface area contributed by atoms with Gasteiger partial charge in [-0.3, -0.25) is 0 Å². The van der Waals surface area contributed by atoms with Gasteiger partial charge in [-0.05, 0) is 36.4 Å². The van der Waals surface area contributed by atoms with Crippen molar-refractivity contribution in [3.63, 3.8) is 0 Å². The minimum absolute atomic E-state index is 0. The van der Waals surface area contributed by atoms with E-state index in [1.54, 1.807) is 18.2 Å². The molecule has 0 bridgehead atoms. The molecule has 0 saturated heterocycles. The van der Waals surface area contributed by atoms with Gasteiger partial charge in [-0.1, -0.05) is 91.0 Å². The van der Waals surface area contributed by atoms with Gasteiger partial charge in [0, 0.05) is 0 Å². The van der Waals surface area contributed by atoms with Crippen LogP contribution < -0.4 is 0 Å². The van der Waals surface area contributed by atoms with Crippen LogP contribution in [0.3, 0.4) is 0 Å². The van der Waals surface area contributed by atoms with Crippen LogP contribution in [0.25, 0.3) is 0 Å². The van der Waals surface area contributed by atoms with Gasteiger partial charge in [-0.15, -0.1) is 0 Å². The molecule has 0 aliphatic rings. The molecule has 0 atom stereocenters. The molecule has 0 aromatic heterocycles. The normalized spacial score (nSPS) is 10.5. The predicted octanol–water partition coefficient (Wildman–Crippen LogP) is 3.08. The maximum Gasteiger partial charge on any atom is 3.00 e. The van der Waals surface area contributed by atoms with Crippen LogP contribution in [-0.2, 0) is 30.4 Å². The van der Waals surface area contributed by atoms with E-state index >= 15 is 0 Å². The second kappa shape index (κ2) is 16.8. The van der Waals surface area contributed by atoms with Gasteiger partial charge in [0.15, 0.2) is 0 Å². The molecule has 192 valence electrons. The Kier molecular flexibility index (Phi) is 15.5. The Morgan fingerprint density at radius 1 is 0.324 bits per heavy atom. The van der Waals surface area contributed by atoms with E-state index in [9.17, 15) is 38.9 Å². The topological polar surface area (TPSA) is 172 Å². The fraction of sp³-hybridized carbons (Fsp3) is 0. The molecule has 0 aliphatic heterocycles. The summed E-state index contributed by atoms with van der Waals surface area (Å²) in [6.45, 7) is 0. The summed E-state index contributed by atoms with van der Waals surface area (Å²) >= 11 is 0. The number of hydrogen-bond donors (Lipinski definition) is 0. The summed E-state index contributed by atoms with van der Waals surface area (Å²) < 4.78 is 92.5. The summed E-state index contributed by atoms with van der Waals surface area (Å²) in [5.74, 6) is 0. The Hall–Kier alpha value is -2.86. The Bertz CT molecular complexity index is 1280. The molecule has 4 aromatic carbocycles. The summed E-state index contributed by atoms with van der Waals surface area (Å²) in [5.41, 5.74) is 0. The Morgan fingerprint density at radius 2 is 0.459 bits per heavy atom. The molecule has 0 aliphatic carbocycles. The summed E-state index contributed by atoms with van der Waals surface area (Å²) in [5, 5.41) is 0. The molecule has 4 aromatic rings. The van der Waals surface area contributed by atoms with Gasteiger partial charge in [0.25, 0.3) is 0 Å². The van der Waals surface area contributed by atoms with Gasteiger partial charge in [-0.2, -0.15) is 0 Å². The molecule has 13 heteroatoms. The van der Waals surface area contributed by atoms with E-state index in [0.29, 0.717) is 0 Å². The SMILES string of the molecule is O=S(=O)([O-])c1ccccc1.O=S(=O)([O-])c1ccccc1.O=S(=O)([O-])c1ccccc1.[Al+3].c1ccccc1. The molecule has 37 heavy (non-hydrogen) atoms. The van der Waals surface area contributed by atoms with Crippen molar-refractivity contribution in [1.29, 1.82) is 0 Å². The van der Waals surface area contributed by atoms with Crippen LogP contribution in [0.5, 0.6) is 0 Å². The molecule has 0 N–H and O–H groups in total. The largest absolute Gasteiger partial charge is 3.00 e. The first-order valence-corrected chi connectivity index (χ1v) is 14.1. The summed E-state index contributed by atoms with van der Waals surface area (Å²) in [7, 11) is -12.8. The van der Waals surface area contributed by atoms with Crippen molar-refractivity contribution < 1.29 is 38.9 Å². The van der Waals surface area contributed by atoms with Crippen molar-refractivity contribution in [2.24, 2.45) is 0 Å². The van der Waals surface area contributed by atoms with Crippen molar-refractivity contribution in [3.05, 3.63) is 127 Å². The molecular formula is C24H21AlO9S3. The third-order valence-electron chi connectivity index (χ3n) is 3.76. The number of benzene rings is 4. The predicted molar refractivity (Wildman–Crippen MR) is 135 cm³/mol. The van der Waals surface area contributed by atoms with Gasteiger partial charge >= 0.3 is 17.4 Å². The molecule has 4 rings (SSSR count). The van der Waals surface area contributed by atoms with Gasteiger partial charge in [0.2, 0.25) is 0 Å². The second-order valence-electron chi connectivity index (χ2n) is 6.46. The average Bonchev–Trinajstić information content (AvgIpc) is 2.86. The van der Waals surface area contributed by atoms with E-state index in [2.05, 4.69) is 0 Å². The summed E-state index contributed by atoms with van der Waals surface area (Å²) in [6.07, 6.45) is 0. The smallest absolute Gasteiger partial charge is 0.744 e. The minimum atomic E-state index is -4.25. The van der Waals surface area contributed by atoms with Crippen molar-refractivity contribution >= 4 is 47.7 Å². The standard InChI is InChI=1S/3C6H6O3S.C6H6.Al/c3*7-10(8,9)6-4-2-1-3-5-6;1-2-4-6-5-3-1;/h3*1-5H,(H,7,8,9);1-6H;/q;;;;+3/p-3. The summed E-state index contributed by atoms with van der Waals surface area (Å²) in [4.78, 5) is -0.556. The second-order valence-corrected chi connectivity index (χ2v) is 10.6. The zero-order chi connectivity index (χ0) is 27.1. The van der Waals surface area contributed by atoms with Crippen LogP contribution in [0.4, 0.5) is 0 Å². The molecule has 0 radical (unpaired) electrons. The van der Waals surface area contributed by atoms with Crippen LogP contribution in [-0.4, -0.2) is 56.3 Å². The van der Waals surface area contributed by atoms with Gasteiger partial charge in [-0.25, -0.2) is 25.3 Å². The third-order valence-corrected chi connectivity index (χ3v) is 6.31. The van der Waals surface area contributed by atoms with Crippen LogP contribution in [0.1, 0.15) is 0 Å². The van der Waals surface area contributed by atoms with Crippen molar-refractivity contribution in [1.82, 2.24) is 0 Å². The molecular weight excluding hydrogens is 555 g/mol. The zero-order valence-electron chi connectivity index (χ0n) is 19.1. The molecule has 0 amide bonds. The van der Waals surface area contributed by atoms with E-state index in [1.165, 1.54) is 72.8 Å². The first kappa shape index (κ1) is 34.1. The molecule has 0 fully saturated rings. The van der Waals surface area contributed by atoms with E-state index in [1.807, 2.05) is 36.4 Å². The van der Waals surface area contributed by atoms with Gasteiger partial charge in [0.1, 0.15) is 30.4 Å². The monoisotopic (exact) mass is 576 g/mol. The molecule has 0 saturated carbocycles. The summed E-state index contributed by atoms with van der Waals surface area (Å²) in [6, 6.07) is 33.6. The Labute approximate surface area is 227 Å². The molecule has 0 heterocycles. The first-order chi connectivity index (χ1) is 16.8. The molecule has 0 spiro atoms. The van der Waals surface area contributed by atoms with Crippen LogP contribution in [0.2, 0.25) is 0 Å². The molecule has 0 unspecified atom stereocenters. The van der Waals surface area contributed by atoms with E-state index in [0.717, 1.165) is 0 Å². The van der Waals surface area contributed by atoms with Crippen LogP contribution in [0, 0.1) is 0 Å². The zero-order valence-corrected chi connectivity index (χ0v) is 22.7. The van der Waals surface area contributed by atoms with Crippen molar-refractivity contribution in [2.45, 2.75) is 14.7 Å². The molecule has 9 nitrogen and oxygen atoms in total. The van der Waals surface area contributed by atoms with E-state index < -0.39 is 30.4 Å². The van der Waals surface area contributed by atoms with Crippen molar-refractivity contribution in [2.75, 3.05) is 0 Å². The number of rotatable bonds is 3. The van der Waals surface area contributed by atoms with Crippen LogP contribution >= 0.6 is 0 Å². The minimum Gasteiger partial charge on any atom is -0.744 e. The average molecular weight is 577 g/mol.